The molecule has 0 aromatic heterocycles. The summed E-state index contributed by atoms with van der Waals surface area (Å²) >= 11 is 0. The van der Waals surface area contributed by atoms with Gasteiger partial charge in [-0.1, -0.05) is 33.6 Å². The third-order valence-corrected chi connectivity index (χ3v) is 3.86. The minimum atomic E-state index is -2.22. The topological polar surface area (TPSA) is 3.24 Å². The Morgan fingerprint density at radius 3 is 2.00 bits per heavy atom. The summed E-state index contributed by atoms with van der Waals surface area (Å²) in [5, 5.41) is 0. The molecule has 0 bridgehead atoms. The van der Waals surface area contributed by atoms with Crippen molar-refractivity contribution in [2.24, 2.45) is 5.41 Å². The maximum atomic E-state index is 13.2. The largest absolute Gasteiger partial charge is 0.289 e. The van der Waals surface area contributed by atoms with E-state index in [0.717, 1.165) is 19.3 Å². The number of hydrogen-bond acceptors (Lipinski definition) is 1. The maximum absolute atomic E-state index is 13.2. The van der Waals surface area contributed by atoms with Gasteiger partial charge in [-0.05, 0) is 32.1 Å². The van der Waals surface area contributed by atoms with Gasteiger partial charge < -0.3 is 0 Å². The quantitative estimate of drug-likeness (QED) is 0.702. The van der Waals surface area contributed by atoms with Crippen molar-refractivity contribution in [1.82, 2.24) is 4.90 Å². The number of rotatable bonds is 2. The second kappa shape index (κ2) is 5.64. The van der Waals surface area contributed by atoms with Crippen molar-refractivity contribution in [2.45, 2.75) is 84.9 Å². The lowest BCUT2D eigenvalue weighted by Gasteiger charge is -2.45. The van der Waals surface area contributed by atoms with Crippen molar-refractivity contribution < 1.29 is 8.78 Å². The van der Waals surface area contributed by atoms with E-state index in [9.17, 15) is 8.78 Å². The normalized spacial score (nSPS) is 28.8. The fraction of sp³-hybridized carbons (Fsp3) is 1.00. The SMILES string of the molecule is CC(C)N1C(C(F)F)CCCCC1C(C)(C)C. The smallest absolute Gasteiger partial charge is 0.253 e. The van der Waals surface area contributed by atoms with Crippen LogP contribution < -0.4 is 0 Å². The van der Waals surface area contributed by atoms with E-state index in [0.29, 0.717) is 6.42 Å². The monoisotopic (exact) mass is 247 g/mol. The van der Waals surface area contributed by atoms with Gasteiger partial charge in [-0.2, -0.15) is 0 Å². The molecule has 0 N–H and O–H groups in total. The van der Waals surface area contributed by atoms with Crippen LogP contribution in [0.2, 0.25) is 0 Å². The average Bonchev–Trinajstić information content (AvgIpc) is 2.37. The highest BCUT2D eigenvalue weighted by Gasteiger charge is 2.40. The molecule has 0 amide bonds. The molecule has 1 aliphatic rings. The molecule has 0 radical (unpaired) electrons. The van der Waals surface area contributed by atoms with Gasteiger partial charge in [0.15, 0.2) is 0 Å². The van der Waals surface area contributed by atoms with Crippen LogP contribution in [0.25, 0.3) is 0 Å². The van der Waals surface area contributed by atoms with Crippen LogP contribution in [-0.4, -0.2) is 29.5 Å². The van der Waals surface area contributed by atoms with Crippen LogP contribution in [0.3, 0.4) is 0 Å². The van der Waals surface area contributed by atoms with E-state index < -0.39 is 12.5 Å². The van der Waals surface area contributed by atoms with Crippen LogP contribution in [0, 0.1) is 5.41 Å². The zero-order chi connectivity index (χ0) is 13.2. The molecule has 1 fully saturated rings. The van der Waals surface area contributed by atoms with Gasteiger partial charge in [0.2, 0.25) is 0 Å². The summed E-state index contributed by atoms with van der Waals surface area (Å²) < 4.78 is 26.5. The lowest BCUT2D eigenvalue weighted by Crippen LogP contribution is -2.54. The Bertz CT molecular complexity index is 233. The highest BCUT2D eigenvalue weighted by Crippen LogP contribution is 2.36. The predicted molar refractivity (Wildman–Crippen MR) is 68.5 cm³/mol. The van der Waals surface area contributed by atoms with E-state index in [1.807, 2.05) is 13.8 Å². The summed E-state index contributed by atoms with van der Waals surface area (Å²) in [6.07, 6.45) is 1.48. The van der Waals surface area contributed by atoms with Crippen LogP contribution in [0.1, 0.15) is 60.3 Å². The van der Waals surface area contributed by atoms with Crippen molar-refractivity contribution in [1.29, 1.82) is 0 Å². The van der Waals surface area contributed by atoms with Gasteiger partial charge in [0.1, 0.15) is 0 Å². The van der Waals surface area contributed by atoms with E-state index >= 15 is 0 Å². The summed E-state index contributed by atoms with van der Waals surface area (Å²) in [7, 11) is 0. The van der Waals surface area contributed by atoms with Crippen molar-refractivity contribution in [3.05, 3.63) is 0 Å². The second-order valence-electron chi connectivity index (χ2n) is 6.61. The number of likely N-dealkylation sites (tertiary alicyclic amines) is 1. The lowest BCUT2D eigenvalue weighted by molar-refractivity contribution is -0.0400. The molecule has 1 aliphatic heterocycles. The van der Waals surface area contributed by atoms with Gasteiger partial charge in [0.05, 0.1) is 6.04 Å². The fourth-order valence-corrected chi connectivity index (χ4v) is 3.10. The molecule has 0 aromatic rings. The van der Waals surface area contributed by atoms with E-state index in [4.69, 9.17) is 0 Å². The summed E-state index contributed by atoms with van der Waals surface area (Å²) in [6, 6.07) is -0.0953. The van der Waals surface area contributed by atoms with E-state index in [1.165, 1.54) is 0 Å². The Morgan fingerprint density at radius 1 is 1.06 bits per heavy atom. The van der Waals surface area contributed by atoms with Gasteiger partial charge in [-0.15, -0.1) is 0 Å². The number of nitrogens with zero attached hydrogens (tertiary/aromatic N) is 1. The van der Waals surface area contributed by atoms with Gasteiger partial charge >= 0.3 is 0 Å². The third kappa shape index (κ3) is 3.64. The molecule has 0 aromatic carbocycles. The Hall–Kier alpha value is -0.180. The van der Waals surface area contributed by atoms with Crippen LogP contribution in [0.4, 0.5) is 8.78 Å². The van der Waals surface area contributed by atoms with Crippen LogP contribution in [0.5, 0.6) is 0 Å². The molecule has 1 heterocycles. The number of hydrogen-bond donors (Lipinski definition) is 0. The van der Waals surface area contributed by atoms with E-state index in [2.05, 4.69) is 25.7 Å². The maximum Gasteiger partial charge on any atom is 0.253 e. The fourth-order valence-electron chi connectivity index (χ4n) is 3.10. The van der Waals surface area contributed by atoms with E-state index in [-0.39, 0.29) is 17.5 Å². The van der Waals surface area contributed by atoms with Gasteiger partial charge in [-0.3, -0.25) is 4.90 Å². The molecule has 1 rings (SSSR count). The Morgan fingerprint density at radius 2 is 1.59 bits per heavy atom. The van der Waals surface area contributed by atoms with Crippen LogP contribution in [-0.2, 0) is 0 Å². The van der Waals surface area contributed by atoms with Crippen molar-refractivity contribution in [3.8, 4) is 0 Å². The third-order valence-electron chi connectivity index (χ3n) is 3.86. The second-order valence-corrected chi connectivity index (χ2v) is 6.61. The molecule has 0 aliphatic carbocycles. The summed E-state index contributed by atoms with van der Waals surface area (Å²) in [5.74, 6) is 0. The Balaban J connectivity index is 3.00. The van der Waals surface area contributed by atoms with Crippen LogP contribution in [0.15, 0.2) is 0 Å². The molecule has 1 saturated heterocycles. The first kappa shape index (κ1) is 14.9. The standard InChI is InChI=1S/C14H27F2N/c1-10(2)17-11(13(15)16)8-6-7-9-12(17)14(3,4)5/h10-13H,6-9H2,1-5H3. The Kier molecular flexibility index (Phi) is 4.94. The first-order valence-corrected chi connectivity index (χ1v) is 6.80. The van der Waals surface area contributed by atoms with Crippen LogP contribution >= 0.6 is 0 Å². The Labute approximate surface area is 105 Å². The van der Waals surface area contributed by atoms with Crippen molar-refractivity contribution in [3.63, 3.8) is 0 Å². The zero-order valence-corrected chi connectivity index (χ0v) is 11.8. The molecular weight excluding hydrogens is 220 g/mol. The average molecular weight is 247 g/mol. The highest BCUT2D eigenvalue weighted by atomic mass is 19.3. The molecule has 2 unspecified atom stereocenters. The summed E-state index contributed by atoms with van der Waals surface area (Å²) in [5.41, 5.74) is 0.0712. The first-order valence-electron chi connectivity index (χ1n) is 6.80. The highest BCUT2D eigenvalue weighted by molar-refractivity contribution is 4.92. The van der Waals surface area contributed by atoms with Gasteiger partial charge in [0.25, 0.3) is 6.43 Å². The summed E-state index contributed by atoms with van der Waals surface area (Å²) in [4.78, 5) is 2.08. The molecule has 102 valence electrons. The minimum Gasteiger partial charge on any atom is -0.289 e. The molecule has 2 atom stereocenters. The summed E-state index contributed by atoms with van der Waals surface area (Å²) in [6.45, 7) is 10.6. The first-order chi connectivity index (χ1) is 7.75. The minimum absolute atomic E-state index is 0.0712. The molecular formula is C14H27F2N. The van der Waals surface area contributed by atoms with Crippen molar-refractivity contribution >= 4 is 0 Å². The zero-order valence-electron chi connectivity index (χ0n) is 11.8. The van der Waals surface area contributed by atoms with E-state index in [1.54, 1.807) is 0 Å². The van der Waals surface area contributed by atoms with Gasteiger partial charge in [-0.25, -0.2) is 8.78 Å². The number of alkyl halides is 2. The van der Waals surface area contributed by atoms with Gasteiger partial charge in [0, 0.05) is 12.1 Å². The molecule has 0 saturated carbocycles. The van der Waals surface area contributed by atoms with Crippen molar-refractivity contribution in [2.75, 3.05) is 0 Å². The molecule has 3 heteroatoms. The molecule has 1 nitrogen and oxygen atoms in total. The lowest BCUT2D eigenvalue weighted by atomic mass is 9.82. The molecule has 0 spiro atoms. The number of halogens is 2. The molecule has 17 heavy (non-hydrogen) atoms. The predicted octanol–water partition coefficient (Wildman–Crippen LogP) is 4.32.